The van der Waals surface area contributed by atoms with E-state index in [2.05, 4.69) is 43.6 Å². The topological polar surface area (TPSA) is 21.3 Å². The first-order valence-electron chi connectivity index (χ1n) is 5.23. The number of hydroxylamine groups is 1. The highest BCUT2D eigenvalue weighted by Crippen LogP contribution is 2.03. The van der Waals surface area contributed by atoms with Crippen LogP contribution in [0.3, 0.4) is 0 Å². The van der Waals surface area contributed by atoms with Crippen LogP contribution in [-0.2, 0) is 11.4 Å². The predicted octanol–water partition coefficient (Wildman–Crippen LogP) is 2.82. The van der Waals surface area contributed by atoms with Crippen LogP contribution >= 0.6 is 0 Å². The smallest absolute Gasteiger partial charge is 0.0682 e. The molecule has 2 heteroatoms. The van der Waals surface area contributed by atoms with Crippen molar-refractivity contribution in [3.8, 4) is 0 Å². The summed E-state index contributed by atoms with van der Waals surface area (Å²) < 4.78 is 0. The largest absolute Gasteiger partial charge is 0.301 e. The summed E-state index contributed by atoms with van der Waals surface area (Å²) in [6, 6.07) is 8.43. The van der Waals surface area contributed by atoms with Gasteiger partial charge in [0.2, 0.25) is 0 Å². The summed E-state index contributed by atoms with van der Waals surface area (Å²) in [6.07, 6.45) is 2.28. The van der Waals surface area contributed by atoms with E-state index in [9.17, 15) is 0 Å². The molecule has 0 bridgehead atoms. The second-order valence-corrected chi connectivity index (χ2v) is 3.51. The van der Waals surface area contributed by atoms with E-state index < -0.39 is 0 Å². The van der Waals surface area contributed by atoms with E-state index in [1.807, 2.05) is 0 Å². The Morgan fingerprint density at radius 2 is 2.21 bits per heavy atom. The fraction of sp³-hybridized carbons (Fsp3) is 0.500. The molecule has 0 aliphatic carbocycles. The van der Waals surface area contributed by atoms with Crippen molar-refractivity contribution in [1.82, 2.24) is 5.48 Å². The van der Waals surface area contributed by atoms with Gasteiger partial charge in [0, 0.05) is 6.54 Å². The van der Waals surface area contributed by atoms with E-state index >= 15 is 0 Å². The van der Waals surface area contributed by atoms with Crippen LogP contribution in [0.2, 0.25) is 0 Å². The van der Waals surface area contributed by atoms with Gasteiger partial charge in [-0.3, -0.25) is 0 Å². The lowest BCUT2D eigenvalue weighted by Gasteiger charge is -2.05. The average Bonchev–Trinajstić information content (AvgIpc) is 2.18. The maximum Gasteiger partial charge on any atom is 0.0682 e. The van der Waals surface area contributed by atoms with E-state index in [0.29, 0.717) is 0 Å². The molecule has 0 radical (unpaired) electrons. The van der Waals surface area contributed by atoms with Crippen LogP contribution in [0.1, 0.15) is 30.9 Å². The van der Waals surface area contributed by atoms with Gasteiger partial charge in [-0.1, -0.05) is 43.2 Å². The van der Waals surface area contributed by atoms with Crippen molar-refractivity contribution >= 4 is 0 Å². The summed E-state index contributed by atoms with van der Waals surface area (Å²) in [6.45, 7) is 5.83. The van der Waals surface area contributed by atoms with Crippen LogP contribution in [0.15, 0.2) is 24.3 Å². The van der Waals surface area contributed by atoms with Gasteiger partial charge in [-0.2, -0.15) is 5.48 Å². The molecule has 1 aromatic rings. The third-order valence-corrected chi connectivity index (χ3v) is 2.06. The van der Waals surface area contributed by atoms with E-state index in [-0.39, 0.29) is 0 Å². The first-order valence-corrected chi connectivity index (χ1v) is 5.23. The molecule has 0 amide bonds. The molecule has 0 unspecified atom stereocenters. The Morgan fingerprint density at radius 3 is 2.93 bits per heavy atom. The molecular weight excluding hydrogens is 174 g/mol. The molecule has 78 valence electrons. The molecule has 0 aliphatic rings. The summed E-state index contributed by atoms with van der Waals surface area (Å²) in [5.41, 5.74) is 5.52. The van der Waals surface area contributed by atoms with Gasteiger partial charge in [-0.25, -0.2) is 0 Å². The minimum absolute atomic E-state index is 0.783. The van der Waals surface area contributed by atoms with E-state index in [1.54, 1.807) is 0 Å². The average molecular weight is 193 g/mol. The molecule has 2 nitrogen and oxygen atoms in total. The second-order valence-electron chi connectivity index (χ2n) is 3.51. The third-order valence-electron chi connectivity index (χ3n) is 2.06. The molecule has 14 heavy (non-hydrogen) atoms. The van der Waals surface area contributed by atoms with Crippen LogP contribution in [0.4, 0.5) is 0 Å². The summed E-state index contributed by atoms with van der Waals surface area (Å²) in [7, 11) is 0. The first-order chi connectivity index (χ1) is 6.83. The summed E-state index contributed by atoms with van der Waals surface area (Å²) in [4.78, 5) is 5.27. The van der Waals surface area contributed by atoms with Crippen molar-refractivity contribution in [2.75, 3.05) is 6.61 Å². The van der Waals surface area contributed by atoms with Gasteiger partial charge in [0.05, 0.1) is 6.61 Å². The first kappa shape index (κ1) is 11.2. The van der Waals surface area contributed by atoms with Crippen molar-refractivity contribution in [2.45, 2.75) is 33.2 Å². The Labute approximate surface area is 86.2 Å². The highest BCUT2D eigenvalue weighted by atomic mass is 16.6. The maximum absolute atomic E-state index is 5.27. The minimum atomic E-state index is 0.783. The van der Waals surface area contributed by atoms with E-state index in [1.165, 1.54) is 17.5 Å². The fourth-order valence-corrected chi connectivity index (χ4v) is 1.25. The zero-order valence-electron chi connectivity index (χ0n) is 9.05. The van der Waals surface area contributed by atoms with Gasteiger partial charge < -0.3 is 4.84 Å². The molecule has 0 saturated heterocycles. The monoisotopic (exact) mass is 193 g/mol. The van der Waals surface area contributed by atoms with Gasteiger partial charge in [-0.15, -0.1) is 0 Å². The molecule has 0 aliphatic heterocycles. The highest BCUT2D eigenvalue weighted by Gasteiger charge is 1.92. The molecule has 1 N–H and O–H groups in total. The Kier molecular flexibility index (Phi) is 5.27. The lowest BCUT2D eigenvalue weighted by molar-refractivity contribution is 0.0348. The van der Waals surface area contributed by atoms with Gasteiger partial charge in [0.25, 0.3) is 0 Å². The Bertz CT molecular complexity index is 260. The van der Waals surface area contributed by atoms with Gasteiger partial charge in [0.1, 0.15) is 0 Å². The molecule has 0 aromatic heterocycles. The molecular formula is C12H19NO. The molecule has 0 heterocycles. The number of aryl methyl sites for hydroxylation is 1. The van der Waals surface area contributed by atoms with Crippen LogP contribution in [0.25, 0.3) is 0 Å². The molecule has 0 fully saturated rings. The molecule has 1 aromatic carbocycles. The second kappa shape index (κ2) is 6.57. The number of hydrogen-bond donors (Lipinski definition) is 1. The van der Waals surface area contributed by atoms with Crippen LogP contribution in [-0.4, -0.2) is 6.61 Å². The zero-order chi connectivity index (χ0) is 10.2. The number of rotatable bonds is 6. The Hall–Kier alpha value is -0.860. The fourth-order valence-electron chi connectivity index (χ4n) is 1.25. The zero-order valence-corrected chi connectivity index (χ0v) is 9.05. The van der Waals surface area contributed by atoms with Crippen LogP contribution in [0, 0.1) is 6.92 Å². The number of nitrogens with one attached hydrogen (secondary N) is 1. The van der Waals surface area contributed by atoms with Gasteiger partial charge >= 0.3 is 0 Å². The lowest BCUT2D eigenvalue weighted by atomic mass is 10.1. The standard InChI is InChI=1S/C12H19NO/c1-3-4-8-14-13-10-12-7-5-6-11(2)9-12/h5-7,9,13H,3-4,8,10H2,1-2H3. The number of benzene rings is 1. The Balaban J connectivity index is 2.18. The molecule has 0 atom stereocenters. The Morgan fingerprint density at radius 1 is 1.36 bits per heavy atom. The van der Waals surface area contributed by atoms with Crippen molar-refractivity contribution in [2.24, 2.45) is 0 Å². The summed E-state index contributed by atoms with van der Waals surface area (Å²) in [5.74, 6) is 0. The maximum atomic E-state index is 5.27. The summed E-state index contributed by atoms with van der Waals surface area (Å²) >= 11 is 0. The van der Waals surface area contributed by atoms with Crippen LogP contribution < -0.4 is 5.48 Å². The summed E-state index contributed by atoms with van der Waals surface area (Å²) in [5, 5.41) is 0. The van der Waals surface area contributed by atoms with Gasteiger partial charge in [0.15, 0.2) is 0 Å². The van der Waals surface area contributed by atoms with E-state index in [0.717, 1.165) is 19.6 Å². The predicted molar refractivity (Wildman–Crippen MR) is 58.9 cm³/mol. The number of unbranched alkanes of at least 4 members (excludes halogenated alkanes) is 1. The van der Waals surface area contributed by atoms with Crippen LogP contribution in [0.5, 0.6) is 0 Å². The molecule has 0 saturated carbocycles. The molecule has 0 spiro atoms. The van der Waals surface area contributed by atoms with Crippen molar-refractivity contribution in [1.29, 1.82) is 0 Å². The molecule has 1 rings (SSSR count). The highest BCUT2D eigenvalue weighted by molar-refractivity contribution is 5.21. The minimum Gasteiger partial charge on any atom is -0.301 e. The number of hydrogen-bond acceptors (Lipinski definition) is 2. The normalized spacial score (nSPS) is 10.4. The van der Waals surface area contributed by atoms with Gasteiger partial charge in [-0.05, 0) is 18.9 Å². The van der Waals surface area contributed by atoms with Crippen molar-refractivity contribution < 1.29 is 4.84 Å². The third kappa shape index (κ3) is 4.40. The van der Waals surface area contributed by atoms with E-state index in [4.69, 9.17) is 4.84 Å². The van der Waals surface area contributed by atoms with Crippen molar-refractivity contribution in [3.05, 3.63) is 35.4 Å². The quantitative estimate of drug-likeness (QED) is 0.554. The van der Waals surface area contributed by atoms with Crippen molar-refractivity contribution in [3.63, 3.8) is 0 Å². The SMILES string of the molecule is CCCCONCc1cccc(C)c1. The lowest BCUT2D eigenvalue weighted by Crippen LogP contribution is -2.14.